The van der Waals surface area contributed by atoms with E-state index in [0.717, 1.165) is 5.56 Å². The van der Waals surface area contributed by atoms with Crippen LogP contribution in [-0.2, 0) is 0 Å². The van der Waals surface area contributed by atoms with Gasteiger partial charge in [-0.3, -0.25) is 0 Å². The average Bonchev–Trinajstić information content (AvgIpc) is 1.95. The van der Waals surface area contributed by atoms with Gasteiger partial charge < -0.3 is 0 Å². The number of benzene rings is 1. The lowest BCUT2D eigenvalue weighted by Crippen LogP contribution is -1.74. The SMILES string of the molecule is Fc1ccc(C#CCl)cc1.[MgH2]. The molecule has 0 N–H and O–H groups in total. The highest BCUT2D eigenvalue weighted by atomic mass is 35.5. The molecule has 54 valence electrons. The van der Waals surface area contributed by atoms with Crippen LogP contribution in [0, 0.1) is 17.1 Å². The zero-order valence-corrected chi connectivity index (χ0v) is 5.82. The quantitative estimate of drug-likeness (QED) is 0.419. The number of hydrogen-bond donors (Lipinski definition) is 0. The van der Waals surface area contributed by atoms with Crippen molar-refractivity contribution in [2.45, 2.75) is 0 Å². The molecule has 0 radical (unpaired) electrons. The fraction of sp³-hybridized carbons (Fsp3) is 0. The van der Waals surface area contributed by atoms with E-state index in [-0.39, 0.29) is 28.9 Å². The van der Waals surface area contributed by atoms with Gasteiger partial charge in [-0.25, -0.2) is 4.39 Å². The first-order valence-electron chi connectivity index (χ1n) is 2.70. The Hall–Kier alpha value is -0.234. The molecule has 0 unspecified atom stereocenters. The summed E-state index contributed by atoms with van der Waals surface area (Å²) in [5, 5.41) is 2.20. The number of hydrogen-bond acceptors (Lipinski definition) is 0. The van der Waals surface area contributed by atoms with E-state index in [1.54, 1.807) is 12.1 Å². The molecule has 0 aliphatic rings. The number of halogens is 2. The Morgan fingerprint density at radius 3 is 2.18 bits per heavy atom. The van der Waals surface area contributed by atoms with Crippen LogP contribution in [-0.4, -0.2) is 23.1 Å². The summed E-state index contributed by atoms with van der Waals surface area (Å²) in [7, 11) is 0. The summed E-state index contributed by atoms with van der Waals surface area (Å²) in [5.41, 5.74) is 0.719. The highest BCUT2D eigenvalue weighted by Gasteiger charge is 1.86. The van der Waals surface area contributed by atoms with E-state index < -0.39 is 0 Å². The molecule has 0 bridgehead atoms. The van der Waals surface area contributed by atoms with Crippen LogP contribution in [0.25, 0.3) is 0 Å². The van der Waals surface area contributed by atoms with Gasteiger partial charge in [-0.05, 0) is 41.8 Å². The Kier molecular flexibility index (Phi) is 5.31. The molecule has 11 heavy (non-hydrogen) atoms. The van der Waals surface area contributed by atoms with Gasteiger partial charge in [0.05, 0.1) is 0 Å². The van der Waals surface area contributed by atoms with E-state index in [4.69, 9.17) is 11.6 Å². The molecule has 1 aromatic carbocycles. The highest BCUT2D eigenvalue weighted by molar-refractivity contribution is 6.30. The normalized spacial score (nSPS) is 7.45. The summed E-state index contributed by atoms with van der Waals surface area (Å²) < 4.78 is 12.2. The standard InChI is InChI=1S/C8H4ClF.Mg.2H/c9-6-5-7-1-3-8(10)4-2-7;;;/h1-4H;;;. The predicted octanol–water partition coefficient (Wildman–Crippen LogP) is 1.46. The van der Waals surface area contributed by atoms with Crippen molar-refractivity contribution in [3.8, 4) is 11.3 Å². The van der Waals surface area contributed by atoms with Gasteiger partial charge in [0.1, 0.15) is 5.82 Å². The molecule has 0 atom stereocenters. The molecule has 0 heterocycles. The van der Waals surface area contributed by atoms with Gasteiger partial charge in [0, 0.05) is 10.9 Å². The molecule has 0 aliphatic carbocycles. The first-order chi connectivity index (χ1) is 4.83. The van der Waals surface area contributed by atoms with Crippen molar-refractivity contribution in [1.29, 1.82) is 0 Å². The third-order valence-electron chi connectivity index (χ3n) is 1.04. The summed E-state index contributed by atoms with van der Waals surface area (Å²) in [6, 6.07) is 5.84. The highest BCUT2D eigenvalue weighted by Crippen LogP contribution is 2.00. The fourth-order valence-corrected chi connectivity index (χ4v) is 0.697. The van der Waals surface area contributed by atoms with Crippen LogP contribution in [0.15, 0.2) is 24.3 Å². The molecule has 1 aromatic rings. The Balaban J connectivity index is 0.000001000. The maximum absolute atomic E-state index is 12.2. The van der Waals surface area contributed by atoms with E-state index >= 15 is 0 Å². The lowest BCUT2D eigenvalue weighted by Gasteiger charge is -1.86. The van der Waals surface area contributed by atoms with Crippen molar-refractivity contribution in [2.24, 2.45) is 0 Å². The minimum Gasteiger partial charge on any atom is -0.207 e. The maximum atomic E-state index is 12.2. The summed E-state index contributed by atoms with van der Waals surface area (Å²) in [4.78, 5) is 0. The van der Waals surface area contributed by atoms with E-state index in [0.29, 0.717) is 0 Å². The molecule has 1 rings (SSSR count). The largest absolute Gasteiger partial charge is 0.316 e. The first-order valence-corrected chi connectivity index (χ1v) is 3.08. The van der Waals surface area contributed by atoms with Gasteiger partial charge >= 0.3 is 23.1 Å². The van der Waals surface area contributed by atoms with Gasteiger partial charge in [0.15, 0.2) is 0 Å². The molecule has 0 aromatic heterocycles. The zero-order chi connectivity index (χ0) is 7.40. The molecule has 3 heteroatoms. The van der Waals surface area contributed by atoms with Crippen molar-refractivity contribution in [2.75, 3.05) is 0 Å². The third kappa shape index (κ3) is 3.61. The molecule has 0 nitrogen and oxygen atoms in total. The molecule has 0 aliphatic heterocycles. The molecule has 0 saturated carbocycles. The fourth-order valence-electron chi connectivity index (χ4n) is 0.588. The van der Waals surface area contributed by atoms with Crippen molar-refractivity contribution in [3.63, 3.8) is 0 Å². The minimum atomic E-state index is -0.264. The molecule has 0 spiro atoms. The molecule has 0 fully saturated rings. The maximum Gasteiger partial charge on any atom is 0.316 e. The summed E-state index contributed by atoms with van der Waals surface area (Å²) in [6.07, 6.45) is 0. The zero-order valence-electron chi connectivity index (χ0n) is 5.07. The van der Waals surface area contributed by atoms with Crippen molar-refractivity contribution < 1.29 is 4.39 Å². The van der Waals surface area contributed by atoms with Crippen molar-refractivity contribution in [1.82, 2.24) is 0 Å². The Labute approximate surface area is 85.9 Å². The molecule has 0 saturated heterocycles. The predicted molar refractivity (Wildman–Crippen MR) is 47.7 cm³/mol. The van der Waals surface area contributed by atoms with Crippen LogP contribution in [0.3, 0.4) is 0 Å². The van der Waals surface area contributed by atoms with Crippen molar-refractivity contribution in [3.05, 3.63) is 35.6 Å². The summed E-state index contributed by atoms with van der Waals surface area (Å²) in [5.74, 6) is 2.32. The lowest BCUT2D eigenvalue weighted by atomic mass is 10.2. The van der Waals surface area contributed by atoms with Crippen LogP contribution in [0.2, 0.25) is 0 Å². The van der Waals surface area contributed by atoms with Crippen LogP contribution in [0.4, 0.5) is 4.39 Å². The summed E-state index contributed by atoms with van der Waals surface area (Å²) in [6.45, 7) is 0. The van der Waals surface area contributed by atoms with E-state index in [9.17, 15) is 4.39 Å². The van der Waals surface area contributed by atoms with E-state index in [2.05, 4.69) is 11.3 Å². The van der Waals surface area contributed by atoms with E-state index in [1.165, 1.54) is 12.1 Å². The van der Waals surface area contributed by atoms with Crippen LogP contribution < -0.4 is 0 Å². The Bertz CT molecular complexity index is 270. The van der Waals surface area contributed by atoms with Crippen LogP contribution >= 0.6 is 11.6 Å². The number of rotatable bonds is 0. The van der Waals surface area contributed by atoms with Crippen LogP contribution in [0.5, 0.6) is 0 Å². The Morgan fingerprint density at radius 2 is 1.73 bits per heavy atom. The molecular weight excluding hydrogens is 175 g/mol. The van der Waals surface area contributed by atoms with Crippen LogP contribution in [0.1, 0.15) is 5.56 Å². The summed E-state index contributed by atoms with van der Waals surface area (Å²) >= 11 is 5.12. The van der Waals surface area contributed by atoms with Gasteiger partial charge in [0.25, 0.3) is 0 Å². The second-order valence-electron chi connectivity index (χ2n) is 1.73. The van der Waals surface area contributed by atoms with Gasteiger partial charge in [-0.15, -0.1) is 0 Å². The second-order valence-corrected chi connectivity index (χ2v) is 1.92. The molecule has 0 amide bonds. The van der Waals surface area contributed by atoms with Gasteiger partial charge in [0.2, 0.25) is 0 Å². The van der Waals surface area contributed by atoms with Crippen molar-refractivity contribution >= 4 is 34.7 Å². The van der Waals surface area contributed by atoms with Gasteiger partial charge in [-0.1, -0.05) is 0 Å². The lowest BCUT2D eigenvalue weighted by molar-refractivity contribution is 0.627. The third-order valence-corrected chi connectivity index (χ3v) is 1.13. The molecular formula is C8H6ClFMg. The van der Waals surface area contributed by atoms with E-state index in [1.807, 2.05) is 0 Å². The monoisotopic (exact) mass is 180 g/mol. The topological polar surface area (TPSA) is 0 Å². The minimum absolute atomic E-state index is 0. The van der Waals surface area contributed by atoms with Gasteiger partial charge in [-0.2, -0.15) is 0 Å². The smallest absolute Gasteiger partial charge is 0.207 e. The second kappa shape index (κ2) is 5.42. The Morgan fingerprint density at radius 1 is 1.18 bits per heavy atom. The average molecular weight is 181 g/mol. The first kappa shape index (κ1) is 10.8.